The largest absolute Gasteiger partial charge is 0.309 e. The summed E-state index contributed by atoms with van der Waals surface area (Å²) in [6.45, 7) is 6.04. The van der Waals surface area contributed by atoms with Crippen LogP contribution in [0.25, 0.3) is 0 Å². The number of hydrogen-bond donors (Lipinski definition) is 1. The fraction of sp³-hybridized carbons (Fsp3) is 0.294. The zero-order valence-corrected chi connectivity index (χ0v) is 13.3. The Labute approximate surface area is 130 Å². The van der Waals surface area contributed by atoms with Crippen molar-refractivity contribution in [1.82, 2.24) is 5.32 Å². The van der Waals surface area contributed by atoms with E-state index in [9.17, 15) is 0 Å². The molecule has 1 nitrogen and oxygen atoms in total. The standard InChI is InChI=1S/C17H19Cl2N/c1-12(2)15-6-3-13(4-7-15)10-20-11-14-5-8-16(18)17(19)9-14/h3-9,12,20H,10-11H2,1-2H3. The maximum Gasteiger partial charge on any atom is 0.0595 e. The van der Waals surface area contributed by atoms with E-state index in [1.807, 2.05) is 18.2 Å². The van der Waals surface area contributed by atoms with Gasteiger partial charge in [-0.3, -0.25) is 0 Å². The highest BCUT2D eigenvalue weighted by Crippen LogP contribution is 2.22. The first-order valence-corrected chi connectivity index (χ1v) is 7.55. The minimum atomic E-state index is 0.577. The van der Waals surface area contributed by atoms with E-state index in [0.717, 1.165) is 18.7 Å². The van der Waals surface area contributed by atoms with Crippen molar-refractivity contribution in [2.24, 2.45) is 0 Å². The molecule has 0 saturated carbocycles. The zero-order valence-electron chi connectivity index (χ0n) is 11.8. The second-order valence-electron chi connectivity index (χ2n) is 5.25. The molecule has 0 atom stereocenters. The highest BCUT2D eigenvalue weighted by atomic mass is 35.5. The van der Waals surface area contributed by atoms with Gasteiger partial charge in [0, 0.05) is 13.1 Å². The van der Waals surface area contributed by atoms with Crippen LogP contribution in [0.5, 0.6) is 0 Å². The molecule has 0 radical (unpaired) electrons. The van der Waals surface area contributed by atoms with Crippen molar-refractivity contribution in [2.45, 2.75) is 32.9 Å². The van der Waals surface area contributed by atoms with Crippen LogP contribution in [0.2, 0.25) is 10.0 Å². The van der Waals surface area contributed by atoms with E-state index in [4.69, 9.17) is 23.2 Å². The van der Waals surface area contributed by atoms with Gasteiger partial charge in [-0.2, -0.15) is 0 Å². The summed E-state index contributed by atoms with van der Waals surface area (Å²) in [5.74, 6) is 0.577. The Morgan fingerprint density at radius 3 is 2.05 bits per heavy atom. The van der Waals surface area contributed by atoms with E-state index in [0.29, 0.717) is 16.0 Å². The van der Waals surface area contributed by atoms with Crippen LogP contribution in [0.15, 0.2) is 42.5 Å². The third-order valence-electron chi connectivity index (χ3n) is 3.29. The van der Waals surface area contributed by atoms with Crippen molar-refractivity contribution in [2.75, 3.05) is 0 Å². The molecule has 106 valence electrons. The summed E-state index contributed by atoms with van der Waals surface area (Å²) in [6, 6.07) is 14.5. The second kappa shape index (κ2) is 7.12. The summed E-state index contributed by atoms with van der Waals surface area (Å²) in [5, 5.41) is 4.61. The predicted octanol–water partition coefficient (Wildman–Crippen LogP) is 5.41. The average molecular weight is 308 g/mol. The van der Waals surface area contributed by atoms with E-state index in [2.05, 4.69) is 43.4 Å². The molecule has 0 fully saturated rings. The number of nitrogens with one attached hydrogen (secondary N) is 1. The molecule has 2 rings (SSSR count). The van der Waals surface area contributed by atoms with E-state index >= 15 is 0 Å². The summed E-state index contributed by atoms with van der Waals surface area (Å²) in [4.78, 5) is 0. The summed E-state index contributed by atoms with van der Waals surface area (Å²) >= 11 is 11.9. The Balaban J connectivity index is 1.87. The van der Waals surface area contributed by atoms with Gasteiger partial charge in [-0.05, 0) is 34.7 Å². The SMILES string of the molecule is CC(C)c1ccc(CNCc2ccc(Cl)c(Cl)c2)cc1. The molecule has 0 unspecified atom stereocenters. The third kappa shape index (κ3) is 4.24. The Hall–Kier alpha value is -1.02. The van der Waals surface area contributed by atoms with Gasteiger partial charge >= 0.3 is 0 Å². The van der Waals surface area contributed by atoms with Gasteiger partial charge in [0.1, 0.15) is 0 Å². The van der Waals surface area contributed by atoms with Gasteiger partial charge in [0.25, 0.3) is 0 Å². The Kier molecular flexibility index (Phi) is 5.47. The summed E-state index contributed by atoms with van der Waals surface area (Å²) in [6.07, 6.45) is 0. The van der Waals surface area contributed by atoms with Crippen molar-refractivity contribution in [3.8, 4) is 0 Å². The van der Waals surface area contributed by atoms with Gasteiger partial charge in [0.05, 0.1) is 10.0 Å². The average Bonchev–Trinajstić information content (AvgIpc) is 2.43. The summed E-state index contributed by atoms with van der Waals surface area (Å²) < 4.78 is 0. The smallest absolute Gasteiger partial charge is 0.0595 e. The van der Waals surface area contributed by atoms with Crippen molar-refractivity contribution in [3.05, 3.63) is 69.2 Å². The predicted molar refractivity (Wildman–Crippen MR) is 87.5 cm³/mol. The fourth-order valence-electron chi connectivity index (χ4n) is 2.02. The molecular weight excluding hydrogens is 289 g/mol. The molecular formula is C17H19Cl2N. The van der Waals surface area contributed by atoms with E-state index in [-0.39, 0.29) is 0 Å². The zero-order chi connectivity index (χ0) is 14.5. The normalized spacial score (nSPS) is 11.1. The number of halogens is 2. The molecule has 2 aromatic rings. The third-order valence-corrected chi connectivity index (χ3v) is 4.03. The first-order chi connectivity index (χ1) is 9.56. The molecule has 20 heavy (non-hydrogen) atoms. The van der Waals surface area contributed by atoms with Crippen molar-refractivity contribution >= 4 is 23.2 Å². The van der Waals surface area contributed by atoms with Crippen LogP contribution in [-0.4, -0.2) is 0 Å². The lowest BCUT2D eigenvalue weighted by molar-refractivity contribution is 0.693. The maximum absolute atomic E-state index is 6.00. The van der Waals surface area contributed by atoms with Crippen molar-refractivity contribution < 1.29 is 0 Å². The molecule has 0 amide bonds. The van der Waals surface area contributed by atoms with Crippen molar-refractivity contribution in [3.63, 3.8) is 0 Å². The maximum atomic E-state index is 6.00. The monoisotopic (exact) mass is 307 g/mol. The summed E-state index contributed by atoms with van der Waals surface area (Å²) in [5.41, 5.74) is 3.80. The lowest BCUT2D eigenvalue weighted by Gasteiger charge is -2.08. The molecule has 0 saturated heterocycles. The van der Waals surface area contributed by atoms with Crippen LogP contribution < -0.4 is 5.32 Å². The van der Waals surface area contributed by atoms with Gasteiger partial charge < -0.3 is 5.32 Å². The molecule has 0 aromatic heterocycles. The lowest BCUT2D eigenvalue weighted by Crippen LogP contribution is -2.12. The van der Waals surface area contributed by atoms with Gasteiger partial charge in [0.2, 0.25) is 0 Å². The first kappa shape index (κ1) is 15.4. The van der Waals surface area contributed by atoms with E-state index in [1.165, 1.54) is 11.1 Å². The van der Waals surface area contributed by atoms with E-state index in [1.54, 1.807) is 0 Å². The molecule has 3 heteroatoms. The first-order valence-electron chi connectivity index (χ1n) is 6.79. The number of rotatable bonds is 5. The van der Waals surface area contributed by atoms with Crippen LogP contribution >= 0.6 is 23.2 Å². The topological polar surface area (TPSA) is 12.0 Å². The lowest BCUT2D eigenvalue weighted by atomic mass is 10.0. The van der Waals surface area contributed by atoms with Gasteiger partial charge in [-0.1, -0.05) is 67.4 Å². The van der Waals surface area contributed by atoms with E-state index < -0.39 is 0 Å². The minimum absolute atomic E-state index is 0.577. The van der Waals surface area contributed by atoms with Crippen LogP contribution in [0.3, 0.4) is 0 Å². The minimum Gasteiger partial charge on any atom is -0.309 e. The second-order valence-corrected chi connectivity index (χ2v) is 6.06. The van der Waals surface area contributed by atoms with Crippen LogP contribution in [0.1, 0.15) is 36.5 Å². The molecule has 0 bridgehead atoms. The molecule has 2 aromatic carbocycles. The Bertz CT molecular complexity index is 562. The summed E-state index contributed by atoms with van der Waals surface area (Å²) in [7, 11) is 0. The highest BCUT2D eigenvalue weighted by Gasteiger charge is 2.01. The molecule has 0 heterocycles. The molecule has 1 N–H and O–H groups in total. The highest BCUT2D eigenvalue weighted by molar-refractivity contribution is 6.42. The molecule has 0 aliphatic carbocycles. The van der Waals surface area contributed by atoms with Crippen molar-refractivity contribution in [1.29, 1.82) is 0 Å². The Morgan fingerprint density at radius 1 is 0.850 bits per heavy atom. The van der Waals surface area contributed by atoms with Crippen LogP contribution in [0, 0.1) is 0 Å². The number of hydrogen-bond acceptors (Lipinski definition) is 1. The van der Waals surface area contributed by atoms with Gasteiger partial charge in [0.15, 0.2) is 0 Å². The fourth-order valence-corrected chi connectivity index (χ4v) is 2.34. The number of benzene rings is 2. The van der Waals surface area contributed by atoms with Gasteiger partial charge in [-0.15, -0.1) is 0 Å². The molecule has 0 aliphatic heterocycles. The quantitative estimate of drug-likeness (QED) is 0.779. The molecule has 0 spiro atoms. The van der Waals surface area contributed by atoms with Gasteiger partial charge in [-0.25, -0.2) is 0 Å². The molecule has 0 aliphatic rings. The Morgan fingerprint density at radius 2 is 1.45 bits per heavy atom. The van der Waals surface area contributed by atoms with Crippen LogP contribution in [-0.2, 0) is 13.1 Å². The van der Waals surface area contributed by atoms with Crippen LogP contribution in [0.4, 0.5) is 0 Å².